The predicted molar refractivity (Wildman–Crippen MR) is 91.3 cm³/mol. The van der Waals surface area contributed by atoms with Crippen molar-refractivity contribution in [2.45, 2.75) is 43.7 Å². The molecule has 0 bridgehead atoms. The molecule has 7 nitrogen and oxygen atoms in total. The molecule has 0 spiro atoms. The van der Waals surface area contributed by atoms with E-state index in [1.165, 1.54) is 0 Å². The van der Waals surface area contributed by atoms with E-state index in [0.29, 0.717) is 37.5 Å². The SMILES string of the molecule is Cn1cc(NC(=O)N2CCCC(c3ncc(C(F)(F)F)[nH]3)C2)c(C2CC2)n1. The minimum atomic E-state index is -4.45. The van der Waals surface area contributed by atoms with Gasteiger partial charge in [-0.3, -0.25) is 4.68 Å². The zero-order chi connectivity index (χ0) is 19.2. The van der Waals surface area contributed by atoms with Crippen LogP contribution in [0, 0.1) is 0 Å². The Kier molecular flexibility index (Phi) is 4.35. The van der Waals surface area contributed by atoms with Gasteiger partial charge in [-0.1, -0.05) is 0 Å². The van der Waals surface area contributed by atoms with Crippen LogP contribution >= 0.6 is 0 Å². The third kappa shape index (κ3) is 3.79. The maximum absolute atomic E-state index is 12.8. The number of likely N-dealkylation sites (tertiary alicyclic amines) is 1. The first kappa shape index (κ1) is 17.9. The summed E-state index contributed by atoms with van der Waals surface area (Å²) in [5, 5.41) is 7.34. The summed E-state index contributed by atoms with van der Waals surface area (Å²) in [6.07, 6.45) is 1.70. The van der Waals surface area contributed by atoms with Gasteiger partial charge in [0.2, 0.25) is 0 Å². The fourth-order valence-corrected chi connectivity index (χ4v) is 3.53. The number of alkyl halides is 3. The van der Waals surface area contributed by atoms with E-state index >= 15 is 0 Å². The maximum Gasteiger partial charge on any atom is 0.432 e. The summed E-state index contributed by atoms with van der Waals surface area (Å²) in [4.78, 5) is 20.6. The third-order valence-corrected chi connectivity index (χ3v) is 5.06. The summed E-state index contributed by atoms with van der Waals surface area (Å²) in [7, 11) is 1.81. The zero-order valence-corrected chi connectivity index (χ0v) is 14.9. The number of aromatic nitrogens is 4. The number of amides is 2. The van der Waals surface area contributed by atoms with Crippen molar-refractivity contribution in [1.29, 1.82) is 0 Å². The number of carbonyl (C=O) groups excluding carboxylic acids is 1. The molecule has 2 N–H and O–H groups in total. The molecule has 1 saturated heterocycles. The molecule has 146 valence electrons. The molecule has 0 aromatic carbocycles. The smallest absolute Gasteiger partial charge is 0.338 e. The van der Waals surface area contributed by atoms with Crippen molar-refractivity contribution < 1.29 is 18.0 Å². The highest BCUT2D eigenvalue weighted by Gasteiger charge is 2.35. The van der Waals surface area contributed by atoms with Crippen LogP contribution in [0.25, 0.3) is 0 Å². The number of H-pyrrole nitrogens is 1. The number of anilines is 1. The molecule has 1 unspecified atom stereocenters. The van der Waals surface area contributed by atoms with Crippen molar-refractivity contribution in [3.8, 4) is 0 Å². The highest BCUT2D eigenvalue weighted by Crippen LogP contribution is 2.42. The second-order valence-electron chi connectivity index (χ2n) is 7.27. The van der Waals surface area contributed by atoms with Gasteiger partial charge in [0.25, 0.3) is 0 Å². The molecule has 27 heavy (non-hydrogen) atoms. The van der Waals surface area contributed by atoms with E-state index in [-0.39, 0.29) is 17.8 Å². The quantitative estimate of drug-likeness (QED) is 0.853. The number of nitrogens with one attached hydrogen (secondary N) is 2. The fourth-order valence-electron chi connectivity index (χ4n) is 3.53. The van der Waals surface area contributed by atoms with Gasteiger partial charge in [0.05, 0.1) is 17.6 Å². The van der Waals surface area contributed by atoms with Crippen molar-refractivity contribution >= 4 is 11.7 Å². The Morgan fingerprint density at radius 2 is 2.07 bits per heavy atom. The number of rotatable bonds is 3. The van der Waals surface area contributed by atoms with E-state index in [9.17, 15) is 18.0 Å². The van der Waals surface area contributed by atoms with Crippen molar-refractivity contribution in [2.75, 3.05) is 18.4 Å². The van der Waals surface area contributed by atoms with Crippen LogP contribution < -0.4 is 5.32 Å². The molecule has 2 fully saturated rings. The fraction of sp³-hybridized carbons (Fsp3) is 0.588. The Labute approximate surface area is 153 Å². The van der Waals surface area contributed by atoms with Crippen LogP contribution in [0.2, 0.25) is 0 Å². The minimum absolute atomic E-state index is 0.239. The molecular formula is C17H21F3N6O. The standard InChI is InChI=1S/C17H21F3N6O/c1-25-9-12(14(24-25)10-4-5-10)22-16(27)26-6-2-3-11(8-26)15-21-7-13(23-15)17(18,19)20/h7,9-11H,2-6,8H2,1H3,(H,21,23)(H,22,27). The van der Waals surface area contributed by atoms with Gasteiger partial charge in [-0.15, -0.1) is 0 Å². The van der Waals surface area contributed by atoms with Crippen LogP contribution in [0.15, 0.2) is 12.4 Å². The number of urea groups is 1. The van der Waals surface area contributed by atoms with Crippen molar-refractivity contribution in [2.24, 2.45) is 7.05 Å². The number of imidazole rings is 1. The highest BCUT2D eigenvalue weighted by atomic mass is 19.4. The molecule has 2 aliphatic rings. The van der Waals surface area contributed by atoms with Gasteiger partial charge in [-0.25, -0.2) is 9.78 Å². The van der Waals surface area contributed by atoms with Crippen molar-refractivity contribution in [1.82, 2.24) is 24.6 Å². The summed E-state index contributed by atoms with van der Waals surface area (Å²) in [5.74, 6) is 0.441. The molecule has 3 heterocycles. The van der Waals surface area contributed by atoms with Crippen molar-refractivity contribution in [3.05, 3.63) is 29.6 Å². The molecular weight excluding hydrogens is 361 g/mol. The Morgan fingerprint density at radius 3 is 2.74 bits per heavy atom. The number of aromatic amines is 1. The van der Waals surface area contributed by atoms with Crippen LogP contribution in [0.4, 0.5) is 23.7 Å². The first-order chi connectivity index (χ1) is 12.8. The van der Waals surface area contributed by atoms with Gasteiger partial charge in [0.15, 0.2) is 0 Å². The Bertz CT molecular complexity index is 838. The van der Waals surface area contributed by atoms with Crippen LogP contribution in [-0.4, -0.2) is 43.8 Å². The van der Waals surface area contributed by atoms with E-state index in [0.717, 1.165) is 24.7 Å². The van der Waals surface area contributed by atoms with Crippen LogP contribution in [0.5, 0.6) is 0 Å². The number of piperidine rings is 1. The number of aryl methyl sites for hydroxylation is 1. The number of hydrogen-bond acceptors (Lipinski definition) is 3. The van der Waals surface area contributed by atoms with E-state index in [1.807, 2.05) is 7.05 Å². The average Bonchev–Trinajstić information content (AvgIpc) is 3.20. The Hall–Kier alpha value is -2.52. The maximum atomic E-state index is 12.8. The summed E-state index contributed by atoms with van der Waals surface area (Å²) < 4.78 is 40.0. The molecule has 4 rings (SSSR count). The third-order valence-electron chi connectivity index (χ3n) is 5.06. The van der Waals surface area contributed by atoms with E-state index in [4.69, 9.17) is 0 Å². The predicted octanol–water partition coefficient (Wildman–Crippen LogP) is 3.45. The number of halogens is 3. The largest absolute Gasteiger partial charge is 0.432 e. The average molecular weight is 382 g/mol. The van der Waals surface area contributed by atoms with Crippen LogP contribution in [-0.2, 0) is 13.2 Å². The second kappa shape index (κ2) is 6.58. The molecule has 1 atom stereocenters. The van der Waals surface area contributed by atoms with E-state index < -0.39 is 11.9 Å². The number of hydrogen-bond donors (Lipinski definition) is 2. The van der Waals surface area contributed by atoms with E-state index in [1.54, 1.807) is 15.8 Å². The first-order valence-corrected chi connectivity index (χ1v) is 9.03. The Balaban J connectivity index is 1.43. The summed E-state index contributed by atoms with van der Waals surface area (Å²) >= 11 is 0. The lowest BCUT2D eigenvalue weighted by Crippen LogP contribution is -2.42. The van der Waals surface area contributed by atoms with Gasteiger partial charge in [0, 0.05) is 38.2 Å². The van der Waals surface area contributed by atoms with Crippen LogP contribution in [0.1, 0.15) is 54.7 Å². The Morgan fingerprint density at radius 1 is 1.30 bits per heavy atom. The minimum Gasteiger partial charge on any atom is -0.338 e. The lowest BCUT2D eigenvalue weighted by molar-refractivity contribution is -0.141. The molecule has 1 saturated carbocycles. The van der Waals surface area contributed by atoms with Gasteiger partial charge in [0.1, 0.15) is 11.5 Å². The highest BCUT2D eigenvalue weighted by molar-refractivity contribution is 5.90. The molecule has 1 aliphatic carbocycles. The second-order valence-corrected chi connectivity index (χ2v) is 7.27. The number of carbonyl (C=O) groups is 1. The van der Waals surface area contributed by atoms with Gasteiger partial charge in [-0.2, -0.15) is 18.3 Å². The number of nitrogens with zero attached hydrogens (tertiary/aromatic N) is 4. The molecule has 1 aliphatic heterocycles. The normalized spacial score (nSPS) is 20.7. The van der Waals surface area contributed by atoms with E-state index in [2.05, 4.69) is 20.4 Å². The van der Waals surface area contributed by atoms with Gasteiger partial charge in [-0.05, 0) is 25.7 Å². The molecule has 2 amide bonds. The van der Waals surface area contributed by atoms with Crippen LogP contribution in [0.3, 0.4) is 0 Å². The zero-order valence-electron chi connectivity index (χ0n) is 14.9. The molecule has 10 heteroatoms. The summed E-state index contributed by atoms with van der Waals surface area (Å²) in [6, 6.07) is -0.253. The molecule has 2 aromatic rings. The van der Waals surface area contributed by atoms with Gasteiger partial charge >= 0.3 is 12.2 Å². The first-order valence-electron chi connectivity index (χ1n) is 9.03. The topological polar surface area (TPSA) is 78.8 Å². The summed E-state index contributed by atoms with van der Waals surface area (Å²) in [5.41, 5.74) is 0.758. The lowest BCUT2D eigenvalue weighted by atomic mass is 9.97. The lowest BCUT2D eigenvalue weighted by Gasteiger charge is -2.31. The summed E-state index contributed by atoms with van der Waals surface area (Å²) in [6.45, 7) is 0.893. The molecule has 2 aromatic heterocycles. The molecule has 0 radical (unpaired) electrons. The van der Waals surface area contributed by atoms with Gasteiger partial charge < -0.3 is 15.2 Å². The monoisotopic (exact) mass is 382 g/mol. The van der Waals surface area contributed by atoms with Crippen molar-refractivity contribution in [3.63, 3.8) is 0 Å².